The highest BCUT2D eigenvalue weighted by atomic mass is 32.2. The van der Waals surface area contributed by atoms with Gasteiger partial charge in [-0.05, 0) is 43.5 Å². The average molecular weight is 570 g/mol. The topological polar surface area (TPSA) is 81.8 Å². The van der Waals surface area contributed by atoms with Gasteiger partial charge >= 0.3 is 0 Å². The number of thioether (sulfide) groups is 1. The van der Waals surface area contributed by atoms with Crippen molar-refractivity contribution in [3.8, 4) is 6.07 Å². The number of pyridine rings is 1. The van der Waals surface area contributed by atoms with Crippen LogP contribution < -0.4 is 15.4 Å². The molecule has 1 aromatic heterocycles. The summed E-state index contributed by atoms with van der Waals surface area (Å²) in [6, 6.07) is 8.79. The van der Waals surface area contributed by atoms with Crippen LogP contribution in [0.2, 0.25) is 0 Å². The van der Waals surface area contributed by atoms with Crippen LogP contribution in [0.1, 0.15) is 36.5 Å². The lowest BCUT2D eigenvalue weighted by molar-refractivity contribution is -0.122. The smallest absolute Gasteiger partial charge is 0.270 e. The van der Waals surface area contributed by atoms with Crippen molar-refractivity contribution in [1.29, 1.82) is 5.26 Å². The van der Waals surface area contributed by atoms with E-state index in [1.54, 1.807) is 41.7 Å². The first-order chi connectivity index (χ1) is 18.8. The molecule has 39 heavy (non-hydrogen) atoms. The Morgan fingerprint density at radius 3 is 2.49 bits per heavy atom. The molecule has 2 saturated heterocycles. The highest BCUT2D eigenvalue weighted by Gasteiger charge is 2.33. The predicted octanol–water partition coefficient (Wildman–Crippen LogP) is 4.14. The Kier molecular flexibility index (Phi) is 9.43. The largest absolute Gasteiger partial charge is 0.385 e. The molecule has 0 atom stereocenters. The molecule has 11 heteroatoms. The van der Waals surface area contributed by atoms with Crippen LogP contribution in [-0.4, -0.2) is 66.1 Å². The highest BCUT2D eigenvalue weighted by Crippen LogP contribution is 2.36. The Bertz CT molecular complexity index is 1390. The standard InChI is InChI=1S/C28H32FN5O3S2/c1-4-10-33-25(32-14-12-31(13-15-32)23-9-6-5-8-22(23)29)20(19(2)21(18-30)26(33)35)17-24-27(36)34(28(38)39-24)11-7-16-37-3/h5-6,8-9,17H,4,7,10-16H2,1-3H3. The Morgan fingerprint density at radius 1 is 1.15 bits per heavy atom. The fourth-order valence-corrected chi connectivity index (χ4v) is 6.26. The minimum atomic E-state index is -0.340. The molecule has 206 valence electrons. The summed E-state index contributed by atoms with van der Waals surface area (Å²) in [6.07, 6.45) is 3.12. The molecule has 0 radical (unpaired) electrons. The van der Waals surface area contributed by atoms with Crippen LogP contribution in [0.4, 0.5) is 15.9 Å². The zero-order valence-electron chi connectivity index (χ0n) is 22.4. The van der Waals surface area contributed by atoms with Gasteiger partial charge in [-0.3, -0.25) is 19.1 Å². The third-order valence-electron chi connectivity index (χ3n) is 6.95. The number of carbonyl (C=O) groups excluding carboxylic acids is 1. The van der Waals surface area contributed by atoms with Crippen LogP contribution in [0, 0.1) is 24.1 Å². The normalized spacial score (nSPS) is 16.9. The second kappa shape index (κ2) is 12.8. The zero-order chi connectivity index (χ0) is 28.1. The van der Waals surface area contributed by atoms with E-state index < -0.39 is 0 Å². The van der Waals surface area contributed by atoms with Crippen molar-refractivity contribution in [2.45, 2.75) is 33.2 Å². The molecule has 1 amide bonds. The lowest BCUT2D eigenvalue weighted by atomic mass is 10.0. The van der Waals surface area contributed by atoms with Crippen molar-refractivity contribution in [2.24, 2.45) is 0 Å². The number of anilines is 2. The second-order valence-electron chi connectivity index (χ2n) is 9.41. The molecule has 1 aromatic carbocycles. The molecule has 3 heterocycles. The Balaban J connectivity index is 1.75. The minimum absolute atomic E-state index is 0.0685. The van der Waals surface area contributed by atoms with E-state index in [0.29, 0.717) is 90.6 Å². The molecule has 4 rings (SSSR count). The number of carbonyl (C=O) groups is 1. The van der Waals surface area contributed by atoms with Gasteiger partial charge in [-0.1, -0.05) is 43.0 Å². The number of thiocarbonyl (C=S) groups is 1. The molecule has 8 nitrogen and oxygen atoms in total. The molecule has 2 aliphatic rings. The van der Waals surface area contributed by atoms with Crippen molar-refractivity contribution in [3.05, 3.63) is 62.0 Å². The van der Waals surface area contributed by atoms with Gasteiger partial charge < -0.3 is 14.5 Å². The number of methoxy groups -OCH3 is 1. The number of nitriles is 1. The molecule has 0 bridgehead atoms. The quantitative estimate of drug-likeness (QED) is 0.253. The van der Waals surface area contributed by atoms with Gasteiger partial charge in [-0.15, -0.1) is 0 Å². The third kappa shape index (κ3) is 5.88. The molecular weight excluding hydrogens is 537 g/mol. The van der Waals surface area contributed by atoms with Gasteiger partial charge in [0.05, 0.1) is 10.6 Å². The lowest BCUT2D eigenvalue weighted by Crippen LogP contribution is -2.49. The monoisotopic (exact) mass is 569 g/mol. The van der Waals surface area contributed by atoms with E-state index in [0.717, 1.165) is 0 Å². The minimum Gasteiger partial charge on any atom is -0.385 e. The first-order valence-electron chi connectivity index (χ1n) is 13.0. The van der Waals surface area contributed by atoms with Crippen molar-refractivity contribution in [2.75, 3.05) is 56.2 Å². The molecule has 0 aliphatic carbocycles. The third-order valence-corrected chi connectivity index (χ3v) is 8.32. The first-order valence-corrected chi connectivity index (χ1v) is 14.2. The van der Waals surface area contributed by atoms with Crippen molar-refractivity contribution < 1.29 is 13.9 Å². The predicted molar refractivity (Wildman–Crippen MR) is 158 cm³/mol. The number of rotatable bonds is 9. The van der Waals surface area contributed by atoms with Gasteiger partial charge in [0, 0.05) is 58.5 Å². The second-order valence-corrected chi connectivity index (χ2v) is 11.1. The summed E-state index contributed by atoms with van der Waals surface area (Å²) in [7, 11) is 1.61. The summed E-state index contributed by atoms with van der Waals surface area (Å²) in [5.41, 5.74) is 1.48. The molecule has 0 N–H and O–H groups in total. The summed E-state index contributed by atoms with van der Waals surface area (Å²) < 4.78 is 21.7. The van der Waals surface area contributed by atoms with E-state index in [1.165, 1.54) is 17.8 Å². The summed E-state index contributed by atoms with van der Waals surface area (Å²) in [4.78, 5) is 32.9. The Morgan fingerprint density at radius 2 is 1.85 bits per heavy atom. The summed E-state index contributed by atoms with van der Waals surface area (Å²) in [5, 5.41) is 9.87. The maximum absolute atomic E-state index is 14.4. The van der Waals surface area contributed by atoms with Crippen LogP contribution in [0.5, 0.6) is 0 Å². The van der Waals surface area contributed by atoms with Crippen LogP contribution >= 0.6 is 24.0 Å². The van der Waals surface area contributed by atoms with Crippen molar-refractivity contribution in [3.63, 3.8) is 0 Å². The molecule has 2 aromatic rings. The fraction of sp³-hybridized carbons (Fsp3) is 0.429. The fourth-order valence-electron chi connectivity index (χ4n) is 4.97. The number of aromatic nitrogens is 1. The molecule has 0 saturated carbocycles. The summed E-state index contributed by atoms with van der Waals surface area (Å²) >= 11 is 6.71. The maximum atomic E-state index is 14.4. The highest BCUT2D eigenvalue weighted by molar-refractivity contribution is 8.26. The number of ether oxygens (including phenoxy) is 1. The van der Waals surface area contributed by atoms with Gasteiger partial charge in [-0.2, -0.15) is 5.26 Å². The number of amides is 1. The van der Waals surface area contributed by atoms with Crippen molar-refractivity contribution in [1.82, 2.24) is 9.47 Å². The molecule has 0 unspecified atom stereocenters. The molecule has 2 fully saturated rings. The van der Waals surface area contributed by atoms with E-state index in [-0.39, 0.29) is 22.8 Å². The number of nitrogens with zero attached hydrogens (tertiary/aromatic N) is 5. The molecular formula is C28H32FN5O3S2. The van der Waals surface area contributed by atoms with Gasteiger partial charge in [0.25, 0.3) is 11.5 Å². The van der Waals surface area contributed by atoms with E-state index in [4.69, 9.17) is 17.0 Å². The van der Waals surface area contributed by atoms with E-state index in [9.17, 15) is 19.2 Å². The molecule has 2 aliphatic heterocycles. The van der Waals surface area contributed by atoms with Crippen LogP contribution in [0.3, 0.4) is 0 Å². The van der Waals surface area contributed by atoms with E-state index in [1.807, 2.05) is 17.9 Å². The Labute approximate surface area is 237 Å². The average Bonchev–Trinajstić information content (AvgIpc) is 3.20. The first kappa shape index (κ1) is 28.8. The number of hydrogen-bond donors (Lipinski definition) is 0. The number of piperazine rings is 1. The van der Waals surface area contributed by atoms with Gasteiger partial charge in [0.1, 0.15) is 27.6 Å². The SMILES string of the molecule is CCCn1c(N2CCN(c3ccccc3F)CC2)c(C=C2SC(=S)N(CCCOC)C2=O)c(C)c(C#N)c1=O. The summed E-state index contributed by atoms with van der Waals surface area (Å²) in [6.45, 7) is 7.33. The number of hydrogen-bond acceptors (Lipinski definition) is 8. The number of halogens is 1. The summed E-state index contributed by atoms with van der Waals surface area (Å²) in [5.74, 6) is 0.218. The Hall–Kier alpha value is -3.20. The van der Waals surface area contributed by atoms with E-state index >= 15 is 0 Å². The van der Waals surface area contributed by atoms with Gasteiger partial charge in [0.2, 0.25) is 0 Å². The number of benzene rings is 1. The van der Waals surface area contributed by atoms with Crippen LogP contribution in [0.15, 0.2) is 34.0 Å². The maximum Gasteiger partial charge on any atom is 0.270 e. The van der Waals surface area contributed by atoms with Crippen LogP contribution in [-0.2, 0) is 16.1 Å². The molecule has 0 spiro atoms. The van der Waals surface area contributed by atoms with Gasteiger partial charge in [0.15, 0.2) is 0 Å². The zero-order valence-corrected chi connectivity index (χ0v) is 24.0. The lowest BCUT2D eigenvalue weighted by Gasteiger charge is -2.39. The van der Waals surface area contributed by atoms with Gasteiger partial charge in [-0.25, -0.2) is 4.39 Å². The van der Waals surface area contributed by atoms with Crippen molar-refractivity contribution >= 4 is 51.8 Å². The van der Waals surface area contributed by atoms with E-state index in [2.05, 4.69) is 11.0 Å². The number of para-hydroxylation sites is 1. The van der Waals surface area contributed by atoms with Crippen LogP contribution in [0.25, 0.3) is 6.08 Å².